The van der Waals surface area contributed by atoms with Crippen molar-refractivity contribution < 1.29 is 22.7 Å². The fourth-order valence-corrected chi connectivity index (χ4v) is 3.04. The summed E-state index contributed by atoms with van der Waals surface area (Å²) in [6.07, 6.45) is 1.33. The highest BCUT2D eigenvalue weighted by atomic mass is 35.5. The third-order valence-corrected chi connectivity index (χ3v) is 4.08. The van der Waals surface area contributed by atoms with Crippen molar-refractivity contribution in [3.63, 3.8) is 0 Å². The van der Waals surface area contributed by atoms with Gasteiger partial charge in [0, 0.05) is 11.1 Å². The van der Waals surface area contributed by atoms with Crippen LogP contribution in [0.15, 0.2) is 35.4 Å². The Morgan fingerprint density at radius 1 is 1.30 bits per heavy atom. The summed E-state index contributed by atoms with van der Waals surface area (Å²) in [5, 5.41) is 0.0496. The second kappa shape index (κ2) is 5.61. The summed E-state index contributed by atoms with van der Waals surface area (Å²) >= 11 is 5.82. The topological polar surface area (TPSA) is 43.6 Å². The van der Waals surface area contributed by atoms with Gasteiger partial charge in [-0.2, -0.15) is 13.2 Å². The number of methoxy groups -OCH3 is 1. The monoisotopic (exact) mass is 360 g/mol. The number of thioether (sulfide) groups is 1. The number of alkyl halides is 3. The van der Waals surface area contributed by atoms with Crippen molar-refractivity contribution in [2.24, 2.45) is 0 Å². The molecule has 2 heterocycles. The standard InChI is InChI=1S/C14H8ClF3N2O2S/c1-22-13(21)7-2-3-10-9(4-7)19-12(15)11-5-8(6-20(10)11)23-14(16,17)18/h2-6H,1H3. The molecule has 3 aromatic rings. The van der Waals surface area contributed by atoms with Gasteiger partial charge in [-0.25, -0.2) is 9.78 Å². The van der Waals surface area contributed by atoms with Crippen LogP contribution in [0.1, 0.15) is 10.4 Å². The molecule has 0 bridgehead atoms. The van der Waals surface area contributed by atoms with E-state index in [0.29, 0.717) is 16.6 Å². The first-order valence-corrected chi connectivity index (χ1v) is 7.43. The first kappa shape index (κ1) is 15.9. The Morgan fingerprint density at radius 2 is 2.04 bits per heavy atom. The molecule has 0 aliphatic heterocycles. The molecule has 0 saturated heterocycles. The number of rotatable bonds is 2. The number of halogens is 4. The van der Waals surface area contributed by atoms with Gasteiger partial charge in [0.05, 0.1) is 29.2 Å². The number of nitrogens with zero attached hydrogens (tertiary/aromatic N) is 2. The molecule has 9 heteroatoms. The van der Waals surface area contributed by atoms with E-state index in [9.17, 15) is 18.0 Å². The maximum absolute atomic E-state index is 12.5. The predicted octanol–water partition coefficient (Wildman–Crippen LogP) is 4.54. The fraction of sp³-hybridized carbons (Fsp3) is 0.143. The highest BCUT2D eigenvalue weighted by Gasteiger charge is 2.30. The lowest BCUT2D eigenvalue weighted by molar-refractivity contribution is -0.0328. The van der Waals surface area contributed by atoms with E-state index in [-0.39, 0.29) is 27.4 Å². The SMILES string of the molecule is COC(=O)c1ccc2c(c1)nc(Cl)c1cc(SC(F)(F)F)cn12. The molecule has 0 amide bonds. The molecule has 0 spiro atoms. The van der Waals surface area contributed by atoms with Crippen LogP contribution < -0.4 is 0 Å². The lowest BCUT2D eigenvalue weighted by atomic mass is 10.2. The number of hydrogen-bond donors (Lipinski definition) is 0. The number of fused-ring (bicyclic) bond motifs is 3. The fourth-order valence-electron chi connectivity index (χ4n) is 2.21. The summed E-state index contributed by atoms with van der Waals surface area (Å²) in [5.74, 6) is -0.536. The van der Waals surface area contributed by atoms with Crippen molar-refractivity contribution in [3.8, 4) is 0 Å². The molecular weight excluding hydrogens is 353 g/mol. The molecule has 4 nitrogen and oxygen atoms in total. The summed E-state index contributed by atoms with van der Waals surface area (Å²) < 4.78 is 43.7. The Balaban J connectivity index is 2.20. The van der Waals surface area contributed by atoms with Gasteiger partial charge in [-0.3, -0.25) is 0 Å². The second-order valence-electron chi connectivity index (χ2n) is 4.58. The van der Waals surface area contributed by atoms with Crippen molar-refractivity contribution in [1.82, 2.24) is 9.38 Å². The average molecular weight is 361 g/mol. The van der Waals surface area contributed by atoms with Crippen molar-refractivity contribution in [1.29, 1.82) is 0 Å². The molecule has 120 valence electrons. The van der Waals surface area contributed by atoms with Gasteiger partial charge in [0.2, 0.25) is 0 Å². The van der Waals surface area contributed by atoms with Gasteiger partial charge in [0.25, 0.3) is 0 Å². The number of carbonyl (C=O) groups excluding carboxylic acids is 1. The Kier molecular flexibility index (Phi) is 3.89. The maximum atomic E-state index is 12.5. The summed E-state index contributed by atoms with van der Waals surface area (Å²) in [7, 11) is 1.25. The van der Waals surface area contributed by atoms with E-state index in [1.54, 1.807) is 6.07 Å². The molecule has 0 fully saturated rings. The Labute approximate surface area is 137 Å². The van der Waals surface area contributed by atoms with Crippen molar-refractivity contribution in [2.75, 3.05) is 7.11 Å². The van der Waals surface area contributed by atoms with E-state index in [0.717, 1.165) is 0 Å². The van der Waals surface area contributed by atoms with Crippen LogP contribution in [0.3, 0.4) is 0 Å². The molecule has 0 saturated carbocycles. The Hall–Kier alpha value is -1.93. The van der Waals surface area contributed by atoms with Crippen molar-refractivity contribution in [3.05, 3.63) is 41.2 Å². The lowest BCUT2D eigenvalue weighted by Gasteiger charge is -2.06. The number of carbonyl (C=O) groups is 1. The summed E-state index contributed by atoms with van der Waals surface area (Å²) in [6.45, 7) is 0. The molecule has 0 radical (unpaired) electrons. The third-order valence-electron chi connectivity index (χ3n) is 3.11. The lowest BCUT2D eigenvalue weighted by Crippen LogP contribution is -2.02. The maximum Gasteiger partial charge on any atom is 0.446 e. The van der Waals surface area contributed by atoms with Crippen LogP contribution in [-0.2, 0) is 4.74 Å². The number of ether oxygens (including phenoxy) is 1. The molecule has 1 aromatic carbocycles. The van der Waals surface area contributed by atoms with Gasteiger partial charge in [-0.05, 0) is 36.0 Å². The normalized spacial score (nSPS) is 12.0. The van der Waals surface area contributed by atoms with E-state index in [2.05, 4.69) is 9.72 Å². The van der Waals surface area contributed by atoms with Crippen LogP contribution in [-0.4, -0.2) is 28.0 Å². The molecule has 0 aliphatic carbocycles. The molecule has 2 aromatic heterocycles. The zero-order valence-corrected chi connectivity index (χ0v) is 13.1. The summed E-state index contributed by atoms with van der Waals surface area (Å²) in [4.78, 5) is 15.7. The molecule has 3 rings (SSSR count). The largest absolute Gasteiger partial charge is 0.465 e. The molecular formula is C14H8ClF3N2O2S. The summed E-state index contributed by atoms with van der Waals surface area (Å²) in [5.41, 5.74) is -2.84. The van der Waals surface area contributed by atoms with E-state index < -0.39 is 11.5 Å². The van der Waals surface area contributed by atoms with Crippen LogP contribution >= 0.6 is 23.4 Å². The zero-order valence-electron chi connectivity index (χ0n) is 11.5. The van der Waals surface area contributed by atoms with Gasteiger partial charge in [-0.1, -0.05) is 11.6 Å². The first-order valence-electron chi connectivity index (χ1n) is 6.24. The number of benzene rings is 1. The highest BCUT2D eigenvalue weighted by molar-refractivity contribution is 8.00. The molecule has 0 unspecified atom stereocenters. The average Bonchev–Trinajstić information content (AvgIpc) is 2.88. The minimum atomic E-state index is -4.39. The van der Waals surface area contributed by atoms with Gasteiger partial charge < -0.3 is 9.14 Å². The number of aromatic nitrogens is 2. The van der Waals surface area contributed by atoms with Crippen LogP contribution in [0.25, 0.3) is 16.6 Å². The molecule has 0 atom stereocenters. The van der Waals surface area contributed by atoms with Gasteiger partial charge in [-0.15, -0.1) is 0 Å². The van der Waals surface area contributed by atoms with E-state index >= 15 is 0 Å². The van der Waals surface area contributed by atoms with Gasteiger partial charge in [0.1, 0.15) is 0 Å². The second-order valence-corrected chi connectivity index (χ2v) is 6.07. The number of hydrogen-bond acceptors (Lipinski definition) is 4. The van der Waals surface area contributed by atoms with Crippen molar-refractivity contribution >= 4 is 45.9 Å². The van der Waals surface area contributed by atoms with Crippen LogP contribution in [0.5, 0.6) is 0 Å². The van der Waals surface area contributed by atoms with Crippen LogP contribution in [0.2, 0.25) is 5.15 Å². The predicted molar refractivity (Wildman–Crippen MR) is 81.0 cm³/mol. The van der Waals surface area contributed by atoms with Gasteiger partial charge >= 0.3 is 11.5 Å². The highest BCUT2D eigenvalue weighted by Crippen LogP contribution is 2.39. The van der Waals surface area contributed by atoms with Gasteiger partial charge in [0.15, 0.2) is 5.15 Å². The first-order chi connectivity index (χ1) is 10.8. The minimum Gasteiger partial charge on any atom is -0.465 e. The van der Waals surface area contributed by atoms with E-state index in [1.807, 2.05) is 0 Å². The van der Waals surface area contributed by atoms with Crippen LogP contribution in [0, 0.1) is 0 Å². The molecule has 0 N–H and O–H groups in total. The smallest absolute Gasteiger partial charge is 0.446 e. The molecule has 0 aliphatic rings. The minimum absolute atomic E-state index is 0.00532. The Morgan fingerprint density at radius 3 is 2.70 bits per heavy atom. The molecule has 23 heavy (non-hydrogen) atoms. The van der Waals surface area contributed by atoms with E-state index in [4.69, 9.17) is 11.6 Å². The number of esters is 1. The third kappa shape index (κ3) is 3.09. The Bertz CT molecular complexity index is 924. The quantitative estimate of drug-likeness (QED) is 0.497. The van der Waals surface area contributed by atoms with Crippen molar-refractivity contribution in [2.45, 2.75) is 10.4 Å². The van der Waals surface area contributed by atoms with E-state index in [1.165, 1.54) is 35.9 Å². The van der Waals surface area contributed by atoms with Crippen LogP contribution in [0.4, 0.5) is 13.2 Å². The summed E-state index contributed by atoms with van der Waals surface area (Å²) in [6, 6.07) is 5.89. The zero-order chi connectivity index (χ0) is 16.8.